The van der Waals surface area contributed by atoms with Gasteiger partial charge in [-0.1, -0.05) is 29.8 Å². The number of nitrogens with one attached hydrogen (secondary N) is 1. The molecule has 0 atom stereocenters. The monoisotopic (exact) mass is 270 g/mol. The van der Waals surface area contributed by atoms with E-state index >= 15 is 0 Å². The Bertz CT molecular complexity index is 452. The Labute approximate surface area is 110 Å². The first-order valence-corrected chi connectivity index (χ1v) is 7.72. The van der Waals surface area contributed by atoms with Crippen molar-refractivity contribution in [2.24, 2.45) is 0 Å². The van der Waals surface area contributed by atoms with E-state index in [1.165, 1.54) is 0 Å². The van der Waals surface area contributed by atoms with Crippen molar-refractivity contribution in [1.29, 1.82) is 0 Å². The number of hydrogen-bond donors (Lipinski definition) is 1. The number of sulfonamides is 1. The summed E-state index contributed by atoms with van der Waals surface area (Å²) in [5.74, 6) is 0.0508. The average Bonchev–Trinajstić information content (AvgIpc) is 2.27. The summed E-state index contributed by atoms with van der Waals surface area (Å²) in [7, 11) is 0.732. The van der Waals surface area contributed by atoms with E-state index in [4.69, 9.17) is 0 Å². The van der Waals surface area contributed by atoms with Gasteiger partial charge in [0.15, 0.2) is 0 Å². The van der Waals surface area contributed by atoms with Crippen molar-refractivity contribution in [2.75, 3.05) is 27.2 Å². The second kappa shape index (κ2) is 6.87. The van der Waals surface area contributed by atoms with Gasteiger partial charge in [0.1, 0.15) is 0 Å². The molecule has 0 saturated heterocycles. The van der Waals surface area contributed by atoms with E-state index in [2.05, 4.69) is 4.72 Å². The van der Waals surface area contributed by atoms with Crippen molar-refractivity contribution in [3.63, 3.8) is 0 Å². The lowest BCUT2D eigenvalue weighted by Gasteiger charge is -2.10. The van der Waals surface area contributed by atoms with E-state index < -0.39 is 10.0 Å². The van der Waals surface area contributed by atoms with Crippen molar-refractivity contribution in [2.45, 2.75) is 19.1 Å². The Balaban J connectivity index is 2.42. The number of benzene rings is 1. The first-order chi connectivity index (χ1) is 8.39. The van der Waals surface area contributed by atoms with Crippen LogP contribution < -0.4 is 4.72 Å². The van der Waals surface area contributed by atoms with Gasteiger partial charge in [-0.25, -0.2) is 13.1 Å². The fraction of sp³-hybridized carbons (Fsp3) is 0.538. The Morgan fingerprint density at radius 2 is 1.78 bits per heavy atom. The van der Waals surface area contributed by atoms with Gasteiger partial charge in [0.2, 0.25) is 10.0 Å². The quantitative estimate of drug-likeness (QED) is 0.761. The minimum atomic E-state index is -3.21. The molecule has 1 aromatic rings. The summed E-state index contributed by atoms with van der Waals surface area (Å²) in [6, 6.07) is 7.57. The molecule has 0 fully saturated rings. The molecule has 0 aromatic heterocycles. The Morgan fingerprint density at radius 3 is 2.33 bits per heavy atom. The maximum absolute atomic E-state index is 11.8. The highest BCUT2D eigenvalue weighted by Gasteiger charge is 2.10. The highest BCUT2D eigenvalue weighted by atomic mass is 32.2. The van der Waals surface area contributed by atoms with Crippen LogP contribution in [0.3, 0.4) is 0 Å². The molecule has 18 heavy (non-hydrogen) atoms. The third kappa shape index (κ3) is 6.14. The molecule has 0 aliphatic carbocycles. The van der Waals surface area contributed by atoms with Crippen LogP contribution in [-0.2, 0) is 15.8 Å². The highest BCUT2D eigenvalue weighted by Crippen LogP contribution is 2.06. The maximum atomic E-state index is 11.8. The van der Waals surface area contributed by atoms with E-state index in [1.54, 1.807) is 0 Å². The van der Waals surface area contributed by atoms with Crippen LogP contribution in [0.5, 0.6) is 0 Å². The molecule has 0 radical (unpaired) electrons. The van der Waals surface area contributed by atoms with Gasteiger partial charge in [0.05, 0.1) is 5.75 Å². The second-order valence-electron chi connectivity index (χ2n) is 4.80. The zero-order valence-corrected chi connectivity index (χ0v) is 12.1. The van der Waals surface area contributed by atoms with Gasteiger partial charge in [-0.2, -0.15) is 0 Å². The van der Waals surface area contributed by atoms with E-state index in [9.17, 15) is 8.42 Å². The molecule has 4 nitrogen and oxygen atoms in total. The molecule has 0 spiro atoms. The normalized spacial score (nSPS) is 12.0. The van der Waals surface area contributed by atoms with Gasteiger partial charge in [-0.15, -0.1) is 0 Å². The van der Waals surface area contributed by atoms with Gasteiger partial charge in [-0.05, 0) is 39.5 Å². The van der Waals surface area contributed by atoms with Gasteiger partial charge in [-0.3, -0.25) is 0 Å². The number of aryl methyl sites for hydroxylation is 1. The zero-order valence-electron chi connectivity index (χ0n) is 11.3. The van der Waals surface area contributed by atoms with Crippen LogP contribution >= 0.6 is 0 Å². The van der Waals surface area contributed by atoms with Crippen molar-refractivity contribution in [1.82, 2.24) is 9.62 Å². The maximum Gasteiger partial charge on any atom is 0.215 e. The molecule has 0 aliphatic rings. The highest BCUT2D eigenvalue weighted by molar-refractivity contribution is 7.88. The molecule has 0 aliphatic heterocycles. The second-order valence-corrected chi connectivity index (χ2v) is 6.60. The number of hydrogen-bond acceptors (Lipinski definition) is 3. The molecular weight excluding hydrogens is 248 g/mol. The van der Waals surface area contributed by atoms with E-state index in [0.717, 1.165) is 24.1 Å². The van der Waals surface area contributed by atoms with Crippen LogP contribution in [0.25, 0.3) is 0 Å². The summed E-state index contributed by atoms with van der Waals surface area (Å²) in [5, 5.41) is 0. The molecule has 0 heterocycles. The minimum absolute atomic E-state index is 0.0508. The Kier molecular flexibility index (Phi) is 5.78. The van der Waals surface area contributed by atoms with E-state index in [0.29, 0.717) is 6.54 Å². The molecule has 0 amide bonds. The van der Waals surface area contributed by atoms with Crippen LogP contribution in [0.15, 0.2) is 24.3 Å². The van der Waals surface area contributed by atoms with Crippen LogP contribution in [-0.4, -0.2) is 40.5 Å². The first-order valence-electron chi connectivity index (χ1n) is 6.07. The number of nitrogens with zero attached hydrogens (tertiary/aromatic N) is 1. The summed E-state index contributed by atoms with van der Waals surface area (Å²) >= 11 is 0. The van der Waals surface area contributed by atoms with Gasteiger partial charge in [0.25, 0.3) is 0 Å². The molecule has 5 heteroatoms. The molecular formula is C13H22N2O2S. The lowest BCUT2D eigenvalue weighted by atomic mass is 10.2. The lowest BCUT2D eigenvalue weighted by molar-refractivity contribution is 0.400. The summed E-state index contributed by atoms with van der Waals surface area (Å²) in [6.07, 6.45) is 0.820. The van der Waals surface area contributed by atoms with Crippen molar-refractivity contribution >= 4 is 10.0 Å². The van der Waals surface area contributed by atoms with Crippen LogP contribution in [0.1, 0.15) is 17.5 Å². The first kappa shape index (κ1) is 15.1. The van der Waals surface area contributed by atoms with Gasteiger partial charge < -0.3 is 4.90 Å². The van der Waals surface area contributed by atoms with Gasteiger partial charge in [0, 0.05) is 6.54 Å². The van der Waals surface area contributed by atoms with E-state index in [1.807, 2.05) is 50.2 Å². The average molecular weight is 270 g/mol. The van der Waals surface area contributed by atoms with Gasteiger partial charge >= 0.3 is 0 Å². The largest absolute Gasteiger partial charge is 0.309 e. The summed E-state index contributed by atoms with van der Waals surface area (Å²) in [5.41, 5.74) is 1.95. The van der Waals surface area contributed by atoms with Crippen LogP contribution in [0, 0.1) is 6.92 Å². The smallest absolute Gasteiger partial charge is 0.215 e. The summed E-state index contributed by atoms with van der Waals surface area (Å²) in [6.45, 7) is 3.36. The lowest BCUT2D eigenvalue weighted by Crippen LogP contribution is -2.28. The molecule has 1 aromatic carbocycles. The zero-order chi connectivity index (χ0) is 13.6. The molecule has 0 unspecified atom stereocenters. The predicted molar refractivity (Wildman–Crippen MR) is 75.0 cm³/mol. The standard InChI is InChI=1S/C13H22N2O2S/c1-12-5-7-13(8-6-12)11-18(16,17)14-9-4-10-15(2)3/h5-8,14H,4,9-11H2,1-3H3. The molecule has 0 bridgehead atoms. The van der Waals surface area contributed by atoms with Crippen molar-refractivity contribution in [3.05, 3.63) is 35.4 Å². The summed E-state index contributed by atoms with van der Waals surface area (Å²) < 4.78 is 26.2. The molecule has 1 rings (SSSR count). The van der Waals surface area contributed by atoms with E-state index in [-0.39, 0.29) is 5.75 Å². The Hall–Kier alpha value is -0.910. The minimum Gasteiger partial charge on any atom is -0.309 e. The molecule has 102 valence electrons. The molecule has 1 N–H and O–H groups in total. The topological polar surface area (TPSA) is 49.4 Å². The van der Waals surface area contributed by atoms with Crippen molar-refractivity contribution in [3.8, 4) is 0 Å². The molecule has 0 saturated carbocycles. The third-order valence-corrected chi connectivity index (χ3v) is 3.94. The fourth-order valence-corrected chi connectivity index (χ4v) is 2.77. The van der Waals surface area contributed by atoms with Crippen LogP contribution in [0.2, 0.25) is 0 Å². The SMILES string of the molecule is Cc1ccc(CS(=O)(=O)NCCCN(C)C)cc1. The van der Waals surface area contributed by atoms with Crippen LogP contribution in [0.4, 0.5) is 0 Å². The summed E-state index contributed by atoms with van der Waals surface area (Å²) in [4.78, 5) is 2.04. The Morgan fingerprint density at radius 1 is 1.17 bits per heavy atom. The number of rotatable bonds is 7. The fourth-order valence-electron chi connectivity index (χ4n) is 1.58. The third-order valence-electron chi connectivity index (χ3n) is 2.58. The predicted octanol–water partition coefficient (Wildman–Crippen LogP) is 1.37. The van der Waals surface area contributed by atoms with Crippen molar-refractivity contribution < 1.29 is 8.42 Å².